The van der Waals surface area contributed by atoms with Crippen LogP contribution in [0.2, 0.25) is 0 Å². The highest BCUT2D eigenvalue weighted by atomic mass is 15.2. The molecule has 3 heteroatoms. The van der Waals surface area contributed by atoms with Crippen molar-refractivity contribution in [3.8, 4) is 0 Å². The normalized spacial score (nSPS) is 29.8. The first-order valence-corrected chi connectivity index (χ1v) is 8.36. The summed E-state index contributed by atoms with van der Waals surface area (Å²) in [5.41, 5.74) is 8.67. The summed E-state index contributed by atoms with van der Waals surface area (Å²) in [5.74, 6) is 1.52. The fraction of sp³-hybridized carbons (Fsp3) is 0.722. The molecule has 2 unspecified atom stereocenters. The van der Waals surface area contributed by atoms with E-state index in [1.54, 1.807) is 0 Å². The predicted molar refractivity (Wildman–Crippen MR) is 89.0 cm³/mol. The molecule has 1 aliphatic rings. The van der Waals surface area contributed by atoms with E-state index in [1.807, 2.05) is 0 Å². The molecule has 0 amide bonds. The number of pyridine rings is 1. The van der Waals surface area contributed by atoms with Gasteiger partial charge in [0, 0.05) is 24.3 Å². The smallest absolute Gasteiger partial charge is 0.0547 e. The molecule has 1 aliphatic carbocycles. The van der Waals surface area contributed by atoms with Crippen LogP contribution in [-0.2, 0) is 6.54 Å². The van der Waals surface area contributed by atoms with Crippen molar-refractivity contribution in [2.24, 2.45) is 17.6 Å². The molecule has 0 aromatic carbocycles. The number of hydrogen-bond donors (Lipinski definition) is 1. The van der Waals surface area contributed by atoms with Crippen LogP contribution in [-0.4, -0.2) is 28.5 Å². The van der Waals surface area contributed by atoms with E-state index in [-0.39, 0.29) is 5.54 Å². The minimum absolute atomic E-state index is 0.150. The molecule has 1 heterocycles. The number of aryl methyl sites for hydroxylation is 1. The highest BCUT2D eigenvalue weighted by Crippen LogP contribution is 2.39. The summed E-state index contributed by atoms with van der Waals surface area (Å²) in [7, 11) is 0. The van der Waals surface area contributed by atoms with Gasteiger partial charge < -0.3 is 5.73 Å². The molecule has 3 nitrogen and oxygen atoms in total. The zero-order valence-electron chi connectivity index (χ0n) is 14.1. The molecule has 0 radical (unpaired) electrons. The van der Waals surface area contributed by atoms with Crippen molar-refractivity contribution in [2.45, 2.75) is 59.0 Å². The number of nitrogens with zero attached hydrogens (tertiary/aromatic N) is 2. The number of rotatable bonds is 5. The second-order valence-corrected chi connectivity index (χ2v) is 7.07. The van der Waals surface area contributed by atoms with E-state index in [4.69, 9.17) is 5.73 Å². The lowest BCUT2D eigenvalue weighted by atomic mass is 9.70. The Morgan fingerprint density at radius 2 is 1.95 bits per heavy atom. The van der Waals surface area contributed by atoms with Gasteiger partial charge in [-0.25, -0.2) is 0 Å². The van der Waals surface area contributed by atoms with Gasteiger partial charge in [0.2, 0.25) is 0 Å². The lowest BCUT2D eigenvalue weighted by Gasteiger charge is -2.49. The summed E-state index contributed by atoms with van der Waals surface area (Å²) >= 11 is 0. The fourth-order valence-electron chi connectivity index (χ4n) is 4.29. The fourth-order valence-corrected chi connectivity index (χ4v) is 4.29. The molecule has 1 saturated carbocycles. The highest BCUT2D eigenvalue weighted by Gasteiger charge is 2.41. The van der Waals surface area contributed by atoms with Gasteiger partial charge in [0.05, 0.1) is 5.69 Å². The minimum Gasteiger partial charge on any atom is -0.329 e. The molecule has 0 bridgehead atoms. The second-order valence-electron chi connectivity index (χ2n) is 7.07. The Bertz CT molecular complexity index is 448. The summed E-state index contributed by atoms with van der Waals surface area (Å²) in [4.78, 5) is 7.25. The van der Waals surface area contributed by atoms with Gasteiger partial charge in [-0.15, -0.1) is 0 Å². The molecule has 118 valence electrons. The van der Waals surface area contributed by atoms with Crippen molar-refractivity contribution in [3.63, 3.8) is 0 Å². The van der Waals surface area contributed by atoms with E-state index < -0.39 is 0 Å². The Hall–Kier alpha value is -0.930. The van der Waals surface area contributed by atoms with Gasteiger partial charge in [0.1, 0.15) is 0 Å². The highest BCUT2D eigenvalue weighted by molar-refractivity contribution is 5.11. The lowest BCUT2D eigenvalue weighted by Crippen LogP contribution is -2.57. The van der Waals surface area contributed by atoms with Crippen molar-refractivity contribution >= 4 is 0 Å². The summed E-state index contributed by atoms with van der Waals surface area (Å²) in [6, 6.07) is 6.30. The van der Waals surface area contributed by atoms with Gasteiger partial charge in [-0.2, -0.15) is 0 Å². The first kappa shape index (κ1) is 16.4. The molecule has 1 fully saturated rings. The predicted octanol–water partition coefficient (Wildman–Crippen LogP) is 3.37. The van der Waals surface area contributed by atoms with Crippen LogP contribution in [0.4, 0.5) is 0 Å². The number of aromatic nitrogens is 1. The second kappa shape index (κ2) is 6.89. The van der Waals surface area contributed by atoms with E-state index in [2.05, 4.69) is 55.8 Å². The topological polar surface area (TPSA) is 42.2 Å². The van der Waals surface area contributed by atoms with Crippen molar-refractivity contribution in [1.82, 2.24) is 9.88 Å². The Balaban J connectivity index is 2.21. The first-order chi connectivity index (χ1) is 9.99. The van der Waals surface area contributed by atoms with Gasteiger partial charge >= 0.3 is 0 Å². The molecule has 0 spiro atoms. The van der Waals surface area contributed by atoms with Gasteiger partial charge in [0.15, 0.2) is 0 Å². The van der Waals surface area contributed by atoms with E-state index in [1.165, 1.54) is 19.3 Å². The van der Waals surface area contributed by atoms with Crippen molar-refractivity contribution in [1.29, 1.82) is 0 Å². The van der Waals surface area contributed by atoms with Gasteiger partial charge in [-0.1, -0.05) is 26.8 Å². The summed E-state index contributed by atoms with van der Waals surface area (Å²) in [6.07, 6.45) is 3.77. The maximum Gasteiger partial charge on any atom is 0.0547 e. The molecule has 0 aliphatic heterocycles. The van der Waals surface area contributed by atoms with E-state index >= 15 is 0 Å². The maximum atomic E-state index is 6.26. The van der Waals surface area contributed by atoms with Gasteiger partial charge in [0.25, 0.3) is 0 Å². The van der Waals surface area contributed by atoms with Gasteiger partial charge in [-0.3, -0.25) is 9.88 Å². The van der Waals surface area contributed by atoms with Crippen LogP contribution in [0.1, 0.15) is 51.4 Å². The molecule has 0 saturated heterocycles. The third-order valence-corrected chi connectivity index (χ3v) is 4.99. The van der Waals surface area contributed by atoms with Crippen molar-refractivity contribution in [2.75, 3.05) is 13.1 Å². The summed E-state index contributed by atoms with van der Waals surface area (Å²) in [6.45, 7) is 11.8. The molecule has 1 aromatic heterocycles. The molecule has 2 N–H and O–H groups in total. The van der Waals surface area contributed by atoms with Crippen molar-refractivity contribution < 1.29 is 0 Å². The number of hydrogen-bond acceptors (Lipinski definition) is 3. The van der Waals surface area contributed by atoms with Crippen LogP contribution >= 0.6 is 0 Å². The molecular formula is C18H31N3. The zero-order chi connectivity index (χ0) is 15.5. The lowest BCUT2D eigenvalue weighted by molar-refractivity contribution is 0.0161. The van der Waals surface area contributed by atoms with E-state index in [9.17, 15) is 0 Å². The third kappa shape index (κ3) is 3.83. The standard InChI is InChI=1S/C18H31N3/c1-5-21(12-17-8-6-7-16(4)20-17)18(13-19)10-14(2)9-15(3)11-18/h6-8,14-15H,5,9-13,19H2,1-4H3. The molecule has 2 rings (SSSR count). The minimum atomic E-state index is 0.150. The third-order valence-electron chi connectivity index (χ3n) is 4.99. The quantitative estimate of drug-likeness (QED) is 0.903. The summed E-state index contributed by atoms with van der Waals surface area (Å²) in [5, 5.41) is 0. The molecule has 21 heavy (non-hydrogen) atoms. The monoisotopic (exact) mass is 289 g/mol. The summed E-state index contributed by atoms with van der Waals surface area (Å²) < 4.78 is 0. The molecule has 1 aromatic rings. The van der Waals surface area contributed by atoms with Crippen molar-refractivity contribution in [3.05, 3.63) is 29.6 Å². The Morgan fingerprint density at radius 3 is 2.48 bits per heavy atom. The Kier molecular flexibility index (Phi) is 5.39. The van der Waals surface area contributed by atoms with Gasteiger partial charge in [-0.05, 0) is 56.7 Å². The maximum absolute atomic E-state index is 6.26. The SMILES string of the molecule is CCN(Cc1cccc(C)n1)C1(CN)CC(C)CC(C)C1. The Morgan fingerprint density at radius 1 is 1.29 bits per heavy atom. The Labute approximate surface area is 129 Å². The molecular weight excluding hydrogens is 258 g/mol. The van der Waals surface area contributed by atoms with Crippen LogP contribution in [0.15, 0.2) is 18.2 Å². The average Bonchev–Trinajstić information content (AvgIpc) is 2.43. The van der Waals surface area contributed by atoms with E-state index in [0.29, 0.717) is 0 Å². The van der Waals surface area contributed by atoms with Crippen LogP contribution in [0.25, 0.3) is 0 Å². The zero-order valence-corrected chi connectivity index (χ0v) is 14.1. The number of likely N-dealkylation sites (N-methyl/N-ethyl adjacent to an activating group) is 1. The largest absolute Gasteiger partial charge is 0.329 e. The van der Waals surface area contributed by atoms with Crippen LogP contribution in [0.5, 0.6) is 0 Å². The first-order valence-electron chi connectivity index (χ1n) is 8.36. The van der Waals surface area contributed by atoms with Crippen LogP contribution in [0, 0.1) is 18.8 Å². The van der Waals surface area contributed by atoms with Crippen LogP contribution in [0.3, 0.4) is 0 Å². The number of nitrogens with two attached hydrogens (primary N) is 1. The van der Waals surface area contributed by atoms with Crippen LogP contribution < -0.4 is 5.73 Å². The van der Waals surface area contributed by atoms with E-state index in [0.717, 1.165) is 42.9 Å². The molecule has 2 atom stereocenters. The average molecular weight is 289 g/mol.